The van der Waals surface area contributed by atoms with Crippen molar-refractivity contribution in [2.75, 3.05) is 17.2 Å². The minimum absolute atomic E-state index is 0.154. The summed E-state index contributed by atoms with van der Waals surface area (Å²) in [6.07, 6.45) is 2.02. The number of hydrogen-bond acceptors (Lipinski definition) is 2. The van der Waals surface area contributed by atoms with Crippen molar-refractivity contribution in [2.24, 2.45) is 0 Å². The van der Waals surface area contributed by atoms with Gasteiger partial charge in [0.15, 0.2) is 0 Å². The highest BCUT2D eigenvalue weighted by Gasteiger charge is 2.28. The van der Waals surface area contributed by atoms with Crippen LogP contribution in [-0.2, 0) is 6.42 Å². The number of nitrogens with two attached hydrogens (primary N) is 1. The number of aryl methyl sites for hydroxylation is 1. The van der Waals surface area contributed by atoms with Crippen LogP contribution in [0, 0.1) is 5.82 Å². The molecule has 0 aromatic heterocycles. The number of halogens is 1. The van der Waals surface area contributed by atoms with Crippen LogP contribution in [0.15, 0.2) is 42.5 Å². The van der Waals surface area contributed by atoms with Gasteiger partial charge in [0.05, 0.1) is 11.7 Å². The Morgan fingerprint density at radius 3 is 2.80 bits per heavy atom. The summed E-state index contributed by atoms with van der Waals surface area (Å²) in [5.74, 6) is -0.154. The summed E-state index contributed by atoms with van der Waals surface area (Å²) >= 11 is 0. The molecule has 2 nitrogen and oxygen atoms in total. The molecule has 2 aromatic rings. The lowest BCUT2D eigenvalue weighted by atomic mass is 10.1. The van der Waals surface area contributed by atoms with Gasteiger partial charge in [0.25, 0.3) is 0 Å². The molecule has 1 aliphatic carbocycles. The van der Waals surface area contributed by atoms with Crippen LogP contribution in [0.1, 0.15) is 30.5 Å². The van der Waals surface area contributed by atoms with E-state index < -0.39 is 0 Å². The molecule has 0 saturated carbocycles. The SMILES string of the molecule is CCN(c1ccccc1F)C1CCc2cc(N)ccc21. The monoisotopic (exact) mass is 270 g/mol. The molecular weight excluding hydrogens is 251 g/mol. The first kappa shape index (κ1) is 13.0. The normalized spacial score (nSPS) is 17.0. The van der Waals surface area contributed by atoms with Crippen molar-refractivity contribution in [1.29, 1.82) is 0 Å². The minimum Gasteiger partial charge on any atom is -0.399 e. The number of hydrogen-bond donors (Lipinski definition) is 1. The van der Waals surface area contributed by atoms with E-state index in [4.69, 9.17) is 5.73 Å². The van der Waals surface area contributed by atoms with E-state index in [0.717, 1.165) is 25.1 Å². The zero-order valence-electron chi connectivity index (χ0n) is 11.6. The fraction of sp³-hybridized carbons (Fsp3) is 0.294. The van der Waals surface area contributed by atoms with Gasteiger partial charge in [-0.1, -0.05) is 18.2 Å². The smallest absolute Gasteiger partial charge is 0.146 e. The lowest BCUT2D eigenvalue weighted by Crippen LogP contribution is -2.27. The Morgan fingerprint density at radius 1 is 1.25 bits per heavy atom. The average Bonchev–Trinajstić information content (AvgIpc) is 2.85. The fourth-order valence-corrected chi connectivity index (χ4v) is 3.18. The third-order valence-electron chi connectivity index (χ3n) is 4.09. The first-order valence-corrected chi connectivity index (χ1v) is 7.10. The highest BCUT2D eigenvalue weighted by Crippen LogP contribution is 2.39. The summed E-state index contributed by atoms with van der Waals surface area (Å²) in [6, 6.07) is 13.3. The van der Waals surface area contributed by atoms with Gasteiger partial charge >= 0.3 is 0 Å². The Kier molecular flexibility index (Phi) is 3.35. The van der Waals surface area contributed by atoms with E-state index in [1.807, 2.05) is 24.3 Å². The van der Waals surface area contributed by atoms with Crippen molar-refractivity contribution in [3.63, 3.8) is 0 Å². The van der Waals surface area contributed by atoms with Gasteiger partial charge in [0, 0.05) is 12.2 Å². The molecule has 0 bridgehead atoms. The molecule has 1 aliphatic rings. The second kappa shape index (κ2) is 5.16. The Balaban J connectivity index is 1.99. The van der Waals surface area contributed by atoms with Gasteiger partial charge < -0.3 is 10.6 Å². The molecule has 104 valence electrons. The van der Waals surface area contributed by atoms with E-state index in [1.54, 1.807) is 6.07 Å². The van der Waals surface area contributed by atoms with Crippen molar-refractivity contribution in [3.8, 4) is 0 Å². The predicted octanol–water partition coefficient (Wildman–Crippen LogP) is 3.92. The third-order valence-corrected chi connectivity index (χ3v) is 4.09. The number of nitrogen functional groups attached to an aromatic ring is 1. The number of para-hydroxylation sites is 1. The fourth-order valence-electron chi connectivity index (χ4n) is 3.18. The molecule has 0 fully saturated rings. The Labute approximate surface area is 119 Å². The molecule has 2 aromatic carbocycles. The number of anilines is 2. The first-order valence-electron chi connectivity index (χ1n) is 7.10. The molecule has 0 radical (unpaired) electrons. The molecule has 2 N–H and O–H groups in total. The van der Waals surface area contributed by atoms with Crippen molar-refractivity contribution >= 4 is 11.4 Å². The van der Waals surface area contributed by atoms with Gasteiger partial charge in [-0.2, -0.15) is 0 Å². The molecule has 1 unspecified atom stereocenters. The van der Waals surface area contributed by atoms with Crippen LogP contribution >= 0.6 is 0 Å². The van der Waals surface area contributed by atoms with E-state index in [0.29, 0.717) is 5.69 Å². The van der Waals surface area contributed by atoms with Crippen LogP contribution in [0.2, 0.25) is 0 Å². The Morgan fingerprint density at radius 2 is 2.05 bits per heavy atom. The van der Waals surface area contributed by atoms with Gasteiger partial charge in [-0.05, 0) is 55.2 Å². The lowest BCUT2D eigenvalue weighted by molar-refractivity contribution is 0.582. The second-order valence-corrected chi connectivity index (χ2v) is 5.25. The van der Waals surface area contributed by atoms with E-state index in [2.05, 4.69) is 17.9 Å². The van der Waals surface area contributed by atoms with Crippen LogP contribution in [0.4, 0.5) is 15.8 Å². The summed E-state index contributed by atoms with van der Waals surface area (Å²) in [5.41, 5.74) is 9.91. The summed E-state index contributed by atoms with van der Waals surface area (Å²) in [4.78, 5) is 2.15. The highest BCUT2D eigenvalue weighted by atomic mass is 19.1. The maximum atomic E-state index is 14.1. The van der Waals surface area contributed by atoms with Crippen LogP contribution in [0.25, 0.3) is 0 Å². The standard InChI is InChI=1S/C17H19FN2/c1-2-20(17-6-4-3-5-15(17)18)16-10-7-12-11-13(19)8-9-14(12)16/h3-6,8-9,11,16H,2,7,10,19H2,1H3. The van der Waals surface area contributed by atoms with Crippen molar-refractivity contribution < 1.29 is 4.39 Å². The molecule has 0 heterocycles. The Hall–Kier alpha value is -2.03. The first-order chi connectivity index (χ1) is 9.70. The molecule has 0 saturated heterocycles. The minimum atomic E-state index is -0.154. The predicted molar refractivity (Wildman–Crippen MR) is 81.3 cm³/mol. The molecule has 1 atom stereocenters. The third kappa shape index (κ3) is 2.13. The number of fused-ring (bicyclic) bond motifs is 1. The van der Waals surface area contributed by atoms with E-state index >= 15 is 0 Å². The zero-order valence-corrected chi connectivity index (χ0v) is 11.6. The van der Waals surface area contributed by atoms with Crippen molar-refractivity contribution in [3.05, 3.63) is 59.4 Å². The molecule has 20 heavy (non-hydrogen) atoms. The zero-order chi connectivity index (χ0) is 14.1. The van der Waals surface area contributed by atoms with Gasteiger partial charge in [-0.3, -0.25) is 0 Å². The number of benzene rings is 2. The van der Waals surface area contributed by atoms with Gasteiger partial charge in [-0.15, -0.1) is 0 Å². The molecular formula is C17H19FN2. The van der Waals surface area contributed by atoms with E-state index in [-0.39, 0.29) is 11.9 Å². The average molecular weight is 270 g/mol. The van der Waals surface area contributed by atoms with Crippen LogP contribution in [0.3, 0.4) is 0 Å². The number of rotatable bonds is 3. The molecule has 0 amide bonds. The van der Waals surface area contributed by atoms with Gasteiger partial charge in [0.1, 0.15) is 5.82 Å². The maximum absolute atomic E-state index is 14.1. The second-order valence-electron chi connectivity index (χ2n) is 5.25. The van der Waals surface area contributed by atoms with Crippen LogP contribution in [0.5, 0.6) is 0 Å². The van der Waals surface area contributed by atoms with Crippen LogP contribution < -0.4 is 10.6 Å². The Bertz CT molecular complexity index is 624. The van der Waals surface area contributed by atoms with Crippen LogP contribution in [-0.4, -0.2) is 6.54 Å². The molecule has 0 aliphatic heterocycles. The molecule has 3 heteroatoms. The van der Waals surface area contributed by atoms with Gasteiger partial charge in [0.2, 0.25) is 0 Å². The number of nitrogens with zero attached hydrogens (tertiary/aromatic N) is 1. The highest BCUT2D eigenvalue weighted by molar-refractivity contribution is 5.54. The van der Waals surface area contributed by atoms with E-state index in [1.165, 1.54) is 17.2 Å². The summed E-state index contributed by atoms with van der Waals surface area (Å²) in [7, 11) is 0. The molecule has 0 spiro atoms. The van der Waals surface area contributed by atoms with Gasteiger partial charge in [-0.25, -0.2) is 4.39 Å². The van der Waals surface area contributed by atoms with Crippen molar-refractivity contribution in [1.82, 2.24) is 0 Å². The van der Waals surface area contributed by atoms with E-state index in [9.17, 15) is 4.39 Å². The largest absolute Gasteiger partial charge is 0.399 e. The summed E-state index contributed by atoms with van der Waals surface area (Å²) in [5, 5.41) is 0. The van der Waals surface area contributed by atoms with Crippen molar-refractivity contribution in [2.45, 2.75) is 25.8 Å². The summed E-state index contributed by atoms with van der Waals surface area (Å²) in [6.45, 7) is 2.86. The lowest BCUT2D eigenvalue weighted by Gasteiger charge is -2.31. The summed E-state index contributed by atoms with van der Waals surface area (Å²) < 4.78 is 14.1. The maximum Gasteiger partial charge on any atom is 0.146 e. The quantitative estimate of drug-likeness (QED) is 0.856. The molecule has 3 rings (SSSR count). The topological polar surface area (TPSA) is 29.3 Å².